The Labute approximate surface area is 131 Å². The van der Waals surface area contributed by atoms with Crippen molar-refractivity contribution in [2.45, 2.75) is 24.7 Å². The summed E-state index contributed by atoms with van der Waals surface area (Å²) in [7, 11) is -3.42. The number of halogens is 1. The Balaban J connectivity index is 1.88. The van der Waals surface area contributed by atoms with Crippen molar-refractivity contribution < 1.29 is 8.42 Å². The molecule has 3 nitrogen and oxygen atoms in total. The molecule has 0 aliphatic carbocycles. The van der Waals surface area contributed by atoms with Crippen molar-refractivity contribution in [2.24, 2.45) is 0 Å². The van der Waals surface area contributed by atoms with Crippen molar-refractivity contribution in [1.82, 2.24) is 4.72 Å². The fraction of sp³-hybridized carbons (Fsp3) is 0.250. The van der Waals surface area contributed by atoms with Gasteiger partial charge in [-0.2, -0.15) is 0 Å². The maximum Gasteiger partial charge on any atom is 0.240 e. The second-order valence-corrected chi connectivity index (χ2v) is 7.08. The molecule has 0 saturated carbocycles. The Morgan fingerprint density at radius 3 is 2.38 bits per heavy atom. The van der Waals surface area contributed by atoms with Gasteiger partial charge in [-0.1, -0.05) is 47.5 Å². The van der Waals surface area contributed by atoms with Crippen molar-refractivity contribution in [3.05, 3.63) is 64.7 Å². The van der Waals surface area contributed by atoms with Gasteiger partial charge in [0.1, 0.15) is 0 Å². The van der Waals surface area contributed by atoms with Crippen LogP contribution in [0.4, 0.5) is 0 Å². The van der Waals surface area contributed by atoms with Crippen LogP contribution in [0.5, 0.6) is 0 Å². The van der Waals surface area contributed by atoms with Gasteiger partial charge in [-0.05, 0) is 43.5 Å². The highest BCUT2D eigenvalue weighted by Crippen LogP contribution is 2.16. The molecular weight excluding hydrogens is 306 g/mol. The fourth-order valence-electron chi connectivity index (χ4n) is 1.99. The van der Waals surface area contributed by atoms with E-state index in [9.17, 15) is 8.42 Å². The van der Waals surface area contributed by atoms with Gasteiger partial charge in [0.15, 0.2) is 0 Å². The van der Waals surface area contributed by atoms with Gasteiger partial charge in [-0.25, -0.2) is 13.1 Å². The smallest absolute Gasteiger partial charge is 0.211 e. The first-order valence-corrected chi connectivity index (χ1v) is 8.65. The van der Waals surface area contributed by atoms with E-state index in [1.165, 1.54) is 0 Å². The average molecular weight is 324 g/mol. The molecule has 1 N–H and O–H groups in total. The molecule has 0 fully saturated rings. The second-order valence-electron chi connectivity index (χ2n) is 4.91. The van der Waals surface area contributed by atoms with Crippen LogP contribution in [0.1, 0.15) is 17.5 Å². The molecule has 112 valence electrons. The van der Waals surface area contributed by atoms with Crippen LogP contribution < -0.4 is 4.72 Å². The Morgan fingerprint density at radius 1 is 1.05 bits per heavy atom. The lowest BCUT2D eigenvalue weighted by Gasteiger charge is -2.08. The van der Waals surface area contributed by atoms with E-state index in [1.54, 1.807) is 24.3 Å². The zero-order valence-electron chi connectivity index (χ0n) is 11.8. The molecule has 0 unspecified atom stereocenters. The number of sulfonamides is 1. The molecule has 0 saturated heterocycles. The van der Waals surface area contributed by atoms with Crippen LogP contribution >= 0.6 is 11.6 Å². The number of benzene rings is 2. The molecule has 0 amide bonds. The summed E-state index contributed by atoms with van der Waals surface area (Å²) in [5.41, 5.74) is 2.07. The highest BCUT2D eigenvalue weighted by Gasteiger charge is 2.12. The number of hydrogen-bond acceptors (Lipinski definition) is 2. The summed E-state index contributed by atoms with van der Waals surface area (Å²) < 4.78 is 26.8. The van der Waals surface area contributed by atoms with E-state index < -0.39 is 10.0 Å². The van der Waals surface area contributed by atoms with E-state index in [0.717, 1.165) is 22.6 Å². The lowest BCUT2D eigenvalue weighted by atomic mass is 10.1. The first-order chi connectivity index (χ1) is 9.99. The minimum Gasteiger partial charge on any atom is -0.211 e. The molecule has 2 aromatic rings. The van der Waals surface area contributed by atoms with Crippen LogP contribution in [0.2, 0.25) is 5.02 Å². The van der Waals surface area contributed by atoms with Crippen molar-refractivity contribution in [1.29, 1.82) is 0 Å². The fourth-order valence-corrected chi connectivity index (χ4v) is 3.29. The molecule has 0 bridgehead atoms. The zero-order valence-corrected chi connectivity index (χ0v) is 13.4. The summed E-state index contributed by atoms with van der Waals surface area (Å²) in [6.07, 6.45) is 1.45. The molecule has 0 aliphatic heterocycles. The van der Waals surface area contributed by atoms with Gasteiger partial charge in [0.05, 0.1) is 4.90 Å². The van der Waals surface area contributed by atoms with Crippen LogP contribution in [-0.2, 0) is 16.4 Å². The molecule has 5 heteroatoms. The minimum atomic E-state index is -3.42. The Morgan fingerprint density at radius 2 is 1.71 bits per heavy atom. The van der Waals surface area contributed by atoms with E-state index in [4.69, 9.17) is 11.6 Å². The van der Waals surface area contributed by atoms with Crippen molar-refractivity contribution >= 4 is 21.6 Å². The van der Waals surface area contributed by atoms with Gasteiger partial charge in [-0.15, -0.1) is 0 Å². The molecule has 0 heterocycles. The predicted octanol–water partition coefficient (Wildman–Crippen LogP) is 3.56. The number of nitrogens with one attached hydrogen (secondary N) is 1. The molecule has 0 aliphatic rings. The van der Waals surface area contributed by atoms with Crippen LogP contribution in [0.15, 0.2) is 53.4 Å². The van der Waals surface area contributed by atoms with Crippen LogP contribution in [-0.4, -0.2) is 15.0 Å². The number of hydrogen-bond donors (Lipinski definition) is 1. The Kier molecular flexibility index (Phi) is 5.39. The summed E-state index contributed by atoms with van der Waals surface area (Å²) in [5, 5.41) is 0.721. The standard InChI is InChI=1S/C16H18ClNO2S/c1-13-8-10-15(11-9-13)21(19,20)18-12-4-6-14-5-2-3-7-16(14)17/h2-3,5,7-11,18H,4,6,12H2,1H3. The highest BCUT2D eigenvalue weighted by molar-refractivity contribution is 7.89. The third-order valence-corrected chi connectivity index (χ3v) is 5.05. The van der Waals surface area contributed by atoms with Gasteiger partial charge >= 0.3 is 0 Å². The monoisotopic (exact) mass is 323 g/mol. The van der Waals surface area contributed by atoms with Gasteiger partial charge < -0.3 is 0 Å². The van der Waals surface area contributed by atoms with Crippen LogP contribution in [0.25, 0.3) is 0 Å². The molecule has 2 rings (SSSR count). The first kappa shape index (κ1) is 16.0. The van der Waals surface area contributed by atoms with Gasteiger partial charge in [0.25, 0.3) is 0 Å². The molecule has 2 aromatic carbocycles. The third-order valence-electron chi connectivity index (χ3n) is 3.20. The van der Waals surface area contributed by atoms with E-state index in [0.29, 0.717) is 17.9 Å². The van der Waals surface area contributed by atoms with Crippen molar-refractivity contribution in [3.63, 3.8) is 0 Å². The van der Waals surface area contributed by atoms with E-state index in [1.807, 2.05) is 31.2 Å². The SMILES string of the molecule is Cc1ccc(S(=O)(=O)NCCCc2ccccc2Cl)cc1. The maximum atomic E-state index is 12.1. The first-order valence-electron chi connectivity index (χ1n) is 6.79. The summed E-state index contributed by atoms with van der Waals surface area (Å²) >= 11 is 6.07. The van der Waals surface area contributed by atoms with Crippen LogP contribution in [0, 0.1) is 6.92 Å². The van der Waals surface area contributed by atoms with E-state index in [-0.39, 0.29) is 0 Å². The normalized spacial score (nSPS) is 11.5. The van der Waals surface area contributed by atoms with E-state index >= 15 is 0 Å². The molecule has 0 spiro atoms. The largest absolute Gasteiger partial charge is 0.240 e. The Bertz CT molecular complexity index is 696. The summed E-state index contributed by atoms with van der Waals surface area (Å²) in [4.78, 5) is 0.297. The minimum absolute atomic E-state index is 0.297. The zero-order chi connectivity index (χ0) is 15.3. The third kappa shape index (κ3) is 4.56. The maximum absolute atomic E-state index is 12.1. The summed E-state index contributed by atoms with van der Waals surface area (Å²) in [6, 6.07) is 14.4. The van der Waals surface area contributed by atoms with Gasteiger partial charge in [-0.3, -0.25) is 0 Å². The quantitative estimate of drug-likeness (QED) is 0.826. The molecule has 0 atom stereocenters. The van der Waals surface area contributed by atoms with Crippen LogP contribution in [0.3, 0.4) is 0 Å². The average Bonchev–Trinajstić information content (AvgIpc) is 2.46. The topological polar surface area (TPSA) is 46.2 Å². The predicted molar refractivity (Wildman–Crippen MR) is 86.1 cm³/mol. The summed E-state index contributed by atoms with van der Waals surface area (Å²) in [6.45, 7) is 2.31. The van der Waals surface area contributed by atoms with E-state index in [2.05, 4.69) is 4.72 Å². The van der Waals surface area contributed by atoms with Gasteiger partial charge in [0.2, 0.25) is 10.0 Å². The Hall–Kier alpha value is -1.36. The molecule has 0 radical (unpaired) electrons. The second kappa shape index (κ2) is 7.07. The number of aryl methyl sites for hydroxylation is 2. The number of rotatable bonds is 6. The highest BCUT2D eigenvalue weighted by atomic mass is 35.5. The van der Waals surface area contributed by atoms with Crippen molar-refractivity contribution in [3.8, 4) is 0 Å². The summed E-state index contributed by atoms with van der Waals surface area (Å²) in [5.74, 6) is 0. The van der Waals surface area contributed by atoms with Gasteiger partial charge in [0, 0.05) is 11.6 Å². The molecule has 0 aromatic heterocycles. The van der Waals surface area contributed by atoms with Crippen molar-refractivity contribution in [2.75, 3.05) is 6.54 Å². The molecular formula is C16H18ClNO2S. The molecule has 21 heavy (non-hydrogen) atoms. The lowest BCUT2D eigenvalue weighted by Crippen LogP contribution is -2.25. The lowest BCUT2D eigenvalue weighted by molar-refractivity contribution is 0.579.